The zero-order chi connectivity index (χ0) is 11.2. The number of unbranched alkanes of at least 4 members (excludes halogenated alkanes) is 2. The molecule has 0 bridgehead atoms. The summed E-state index contributed by atoms with van der Waals surface area (Å²) in [4.78, 5) is 0. The van der Waals surface area contributed by atoms with Crippen LogP contribution in [0.4, 0.5) is 0 Å². The van der Waals surface area contributed by atoms with E-state index in [9.17, 15) is 0 Å². The van der Waals surface area contributed by atoms with Gasteiger partial charge in [0, 0.05) is 0 Å². The maximum absolute atomic E-state index is 2.42. The first-order chi connectivity index (χ1) is 6.27. The topological polar surface area (TPSA) is 0 Å². The summed E-state index contributed by atoms with van der Waals surface area (Å²) in [7, 11) is 0. The van der Waals surface area contributed by atoms with Gasteiger partial charge in [-0.15, -0.1) is 0 Å². The summed E-state index contributed by atoms with van der Waals surface area (Å²) in [6, 6.07) is 0. The molecule has 0 heteroatoms. The summed E-state index contributed by atoms with van der Waals surface area (Å²) < 4.78 is 0. The maximum atomic E-state index is 2.42. The van der Waals surface area contributed by atoms with Gasteiger partial charge in [0.15, 0.2) is 0 Å². The van der Waals surface area contributed by atoms with E-state index in [0.717, 1.165) is 0 Å². The lowest BCUT2D eigenvalue weighted by Gasteiger charge is -2.29. The van der Waals surface area contributed by atoms with Gasteiger partial charge in [0.1, 0.15) is 0 Å². The van der Waals surface area contributed by atoms with Crippen molar-refractivity contribution in [1.82, 2.24) is 0 Å². The van der Waals surface area contributed by atoms with E-state index in [1.807, 2.05) is 0 Å². The summed E-state index contributed by atoms with van der Waals surface area (Å²) in [5, 5.41) is 0. The van der Waals surface area contributed by atoms with Gasteiger partial charge in [0.05, 0.1) is 0 Å². The van der Waals surface area contributed by atoms with Crippen molar-refractivity contribution >= 4 is 0 Å². The molecule has 0 aliphatic carbocycles. The molecule has 0 saturated carbocycles. The lowest BCUT2D eigenvalue weighted by molar-refractivity contribution is 0.235. The van der Waals surface area contributed by atoms with Crippen molar-refractivity contribution < 1.29 is 0 Å². The minimum absolute atomic E-state index is 0.502. The lowest BCUT2D eigenvalue weighted by Crippen LogP contribution is -2.16. The molecule has 0 unspecified atom stereocenters. The smallest absolute Gasteiger partial charge is 0.0354 e. The molecule has 0 radical (unpaired) electrons. The number of hydrogen-bond acceptors (Lipinski definition) is 0. The second kappa shape index (κ2) is 5.78. The summed E-state index contributed by atoms with van der Waals surface area (Å²) in [5.41, 5.74) is 1.06. The van der Waals surface area contributed by atoms with Gasteiger partial charge in [-0.2, -0.15) is 0 Å². The second-order valence-electron chi connectivity index (χ2n) is 6.68. The monoisotopic (exact) mass is 198 g/mol. The molecule has 0 N–H and O–H groups in total. The Morgan fingerprint density at radius 1 is 0.714 bits per heavy atom. The van der Waals surface area contributed by atoms with Gasteiger partial charge in [0.2, 0.25) is 0 Å². The molecule has 0 aromatic carbocycles. The number of rotatable bonds is 6. The minimum Gasteiger partial charge on any atom is -0.0654 e. The van der Waals surface area contributed by atoms with Gasteiger partial charge >= 0.3 is 0 Å². The van der Waals surface area contributed by atoms with Crippen LogP contribution >= 0.6 is 0 Å². The fraction of sp³-hybridized carbons (Fsp3) is 1.00. The van der Waals surface area contributed by atoms with Gasteiger partial charge in [-0.25, -0.2) is 0 Å². The molecule has 0 atom stereocenters. The minimum atomic E-state index is 0.502. The molecular formula is C14H30. The van der Waals surface area contributed by atoms with Gasteiger partial charge in [-0.05, 0) is 30.1 Å². The second-order valence-corrected chi connectivity index (χ2v) is 6.68. The Balaban J connectivity index is 3.72. The molecule has 0 amide bonds. The Hall–Kier alpha value is 0. The fourth-order valence-corrected chi connectivity index (χ4v) is 1.69. The Kier molecular flexibility index (Phi) is 5.78. The van der Waals surface area contributed by atoms with Crippen molar-refractivity contribution in [2.24, 2.45) is 10.8 Å². The first-order valence-electron chi connectivity index (χ1n) is 6.27. The van der Waals surface area contributed by atoms with Crippen molar-refractivity contribution in [2.75, 3.05) is 0 Å². The summed E-state index contributed by atoms with van der Waals surface area (Å²) in [6.45, 7) is 14.2. The van der Waals surface area contributed by atoms with Gasteiger partial charge in [-0.3, -0.25) is 0 Å². The molecule has 0 aliphatic rings. The van der Waals surface area contributed by atoms with Crippen molar-refractivity contribution in [2.45, 2.75) is 80.1 Å². The SMILES string of the molecule is CCCCCC(C)(C)CCC(C)(C)C. The standard InChI is InChI=1S/C14H30/c1-7-8-9-10-14(5,6)12-11-13(2,3)4/h7-12H2,1-6H3. The van der Waals surface area contributed by atoms with Crippen molar-refractivity contribution in [1.29, 1.82) is 0 Å². The van der Waals surface area contributed by atoms with E-state index < -0.39 is 0 Å². The fourth-order valence-electron chi connectivity index (χ4n) is 1.69. The maximum Gasteiger partial charge on any atom is -0.0354 e. The van der Waals surface area contributed by atoms with E-state index >= 15 is 0 Å². The van der Waals surface area contributed by atoms with Crippen molar-refractivity contribution in [3.63, 3.8) is 0 Å². The molecule has 0 aromatic heterocycles. The molecule has 0 spiro atoms. The first-order valence-corrected chi connectivity index (χ1v) is 6.27. The average molecular weight is 198 g/mol. The van der Waals surface area contributed by atoms with Crippen molar-refractivity contribution in [3.8, 4) is 0 Å². The van der Waals surface area contributed by atoms with E-state index in [-0.39, 0.29) is 0 Å². The van der Waals surface area contributed by atoms with Crippen LogP contribution in [0.15, 0.2) is 0 Å². The van der Waals surface area contributed by atoms with Crippen LogP contribution in [0.5, 0.6) is 0 Å². The van der Waals surface area contributed by atoms with Crippen LogP contribution in [0, 0.1) is 10.8 Å². The largest absolute Gasteiger partial charge is 0.0654 e. The zero-order valence-corrected chi connectivity index (χ0v) is 11.2. The lowest BCUT2D eigenvalue weighted by atomic mass is 9.77. The molecule has 14 heavy (non-hydrogen) atoms. The third-order valence-corrected chi connectivity index (χ3v) is 3.01. The normalized spacial score (nSPS) is 13.3. The molecule has 0 rings (SSSR count). The van der Waals surface area contributed by atoms with Crippen LogP contribution in [0.2, 0.25) is 0 Å². The Labute approximate surface area is 91.5 Å². The summed E-state index contributed by atoms with van der Waals surface area (Å²) >= 11 is 0. The van der Waals surface area contributed by atoms with Crippen LogP contribution in [0.3, 0.4) is 0 Å². The molecule has 0 saturated heterocycles. The van der Waals surface area contributed by atoms with Gasteiger partial charge in [0.25, 0.3) is 0 Å². The molecule has 0 aromatic rings. The Bertz CT molecular complexity index is 137. The van der Waals surface area contributed by atoms with E-state index in [1.165, 1.54) is 38.5 Å². The molecule has 0 aliphatic heterocycles. The average Bonchev–Trinajstić information content (AvgIpc) is 2.00. The highest BCUT2D eigenvalue weighted by molar-refractivity contribution is 4.72. The zero-order valence-electron chi connectivity index (χ0n) is 11.2. The number of hydrogen-bond donors (Lipinski definition) is 0. The molecular weight excluding hydrogens is 168 g/mol. The molecule has 0 heterocycles. The van der Waals surface area contributed by atoms with Crippen LogP contribution in [-0.2, 0) is 0 Å². The highest BCUT2D eigenvalue weighted by Gasteiger charge is 2.20. The summed E-state index contributed by atoms with van der Waals surface area (Å²) in [6.07, 6.45) is 8.28. The molecule has 86 valence electrons. The molecule has 0 nitrogen and oxygen atoms in total. The van der Waals surface area contributed by atoms with Crippen LogP contribution in [0.1, 0.15) is 80.1 Å². The first kappa shape index (κ1) is 14.0. The van der Waals surface area contributed by atoms with Gasteiger partial charge in [-0.1, -0.05) is 60.8 Å². The van der Waals surface area contributed by atoms with Crippen molar-refractivity contribution in [3.05, 3.63) is 0 Å². The van der Waals surface area contributed by atoms with Crippen LogP contribution in [0.25, 0.3) is 0 Å². The van der Waals surface area contributed by atoms with E-state index in [4.69, 9.17) is 0 Å². The highest BCUT2D eigenvalue weighted by atomic mass is 14.3. The third kappa shape index (κ3) is 8.59. The quantitative estimate of drug-likeness (QED) is 0.500. The molecule has 0 fully saturated rings. The van der Waals surface area contributed by atoms with E-state index in [0.29, 0.717) is 10.8 Å². The predicted molar refractivity (Wildman–Crippen MR) is 66.6 cm³/mol. The predicted octanol–water partition coefficient (Wildman–Crippen LogP) is 5.42. The Morgan fingerprint density at radius 2 is 1.29 bits per heavy atom. The van der Waals surface area contributed by atoms with E-state index in [2.05, 4.69) is 41.5 Å². The summed E-state index contributed by atoms with van der Waals surface area (Å²) in [5.74, 6) is 0. The van der Waals surface area contributed by atoms with Crippen LogP contribution in [-0.4, -0.2) is 0 Å². The highest BCUT2D eigenvalue weighted by Crippen LogP contribution is 2.34. The van der Waals surface area contributed by atoms with E-state index in [1.54, 1.807) is 0 Å². The Morgan fingerprint density at radius 3 is 1.71 bits per heavy atom. The van der Waals surface area contributed by atoms with Crippen LogP contribution < -0.4 is 0 Å². The van der Waals surface area contributed by atoms with Gasteiger partial charge < -0.3 is 0 Å². The third-order valence-electron chi connectivity index (χ3n) is 3.01.